The zero-order chi connectivity index (χ0) is 18.3. The van der Waals surface area contributed by atoms with E-state index in [-0.39, 0.29) is 24.3 Å². The average molecular weight is 371 g/mol. The number of likely N-dealkylation sites (tertiary alicyclic amines) is 1. The fraction of sp³-hybridized carbons (Fsp3) is 0.389. The van der Waals surface area contributed by atoms with E-state index in [0.29, 0.717) is 30.4 Å². The van der Waals surface area contributed by atoms with Gasteiger partial charge in [-0.3, -0.25) is 4.79 Å². The number of imidazole rings is 1. The van der Waals surface area contributed by atoms with E-state index in [0.717, 1.165) is 10.7 Å². The Kier molecular flexibility index (Phi) is 4.37. The third kappa shape index (κ3) is 3.06. The van der Waals surface area contributed by atoms with Crippen molar-refractivity contribution in [1.29, 1.82) is 0 Å². The van der Waals surface area contributed by atoms with Crippen molar-refractivity contribution in [2.75, 3.05) is 13.1 Å². The van der Waals surface area contributed by atoms with E-state index in [2.05, 4.69) is 9.97 Å². The van der Waals surface area contributed by atoms with Gasteiger partial charge < -0.3 is 19.6 Å². The third-order valence-corrected chi connectivity index (χ3v) is 5.71. The van der Waals surface area contributed by atoms with Crippen molar-refractivity contribution in [3.63, 3.8) is 0 Å². The van der Waals surface area contributed by atoms with E-state index in [4.69, 9.17) is 10.2 Å². The molecule has 2 atom stereocenters. The maximum atomic E-state index is 12.8. The normalized spacial score (nSPS) is 20.0. The molecule has 0 unspecified atom stereocenters. The molecule has 0 aromatic carbocycles. The highest BCUT2D eigenvalue weighted by Crippen LogP contribution is 2.28. The molecule has 1 aliphatic rings. The summed E-state index contributed by atoms with van der Waals surface area (Å²) in [6.45, 7) is 2.96. The highest BCUT2D eigenvalue weighted by atomic mass is 32.1. The van der Waals surface area contributed by atoms with Crippen LogP contribution in [0.2, 0.25) is 0 Å². The molecule has 1 amide bonds. The first-order valence-corrected chi connectivity index (χ1v) is 9.41. The van der Waals surface area contributed by atoms with E-state index < -0.39 is 0 Å². The number of oxazole rings is 1. The smallest absolute Gasteiger partial charge is 0.236 e. The Morgan fingerprint density at radius 2 is 2.31 bits per heavy atom. The van der Waals surface area contributed by atoms with Gasteiger partial charge in [-0.25, -0.2) is 9.97 Å². The summed E-state index contributed by atoms with van der Waals surface area (Å²) < 4.78 is 7.70. The quantitative estimate of drug-likeness (QED) is 0.757. The van der Waals surface area contributed by atoms with Crippen molar-refractivity contribution in [2.24, 2.45) is 12.8 Å². The lowest BCUT2D eigenvalue weighted by Crippen LogP contribution is -2.33. The second-order valence-corrected chi connectivity index (χ2v) is 7.59. The first-order chi connectivity index (χ1) is 12.5. The van der Waals surface area contributed by atoms with Crippen molar-refractivity contribution in [2.45, 2.75) is 25.3 Å². The lowest BCUT2D eigenvalue weighted by atomic mass is 10.0. The molecule has 8 heteroatoms. The Morgan fingerprint density at radius 3 is 3.00 bits per heavy atom. The van der Waals surface area contributed by atoms with E-state index in [1.807, 2.05) is 47.1 Å². The fourth-order valence-corrected chi connectivity index (χ4v) is 4.04. The van der Waals surface area contributed by atoms with Gasteiger partial charge in [0.05, 0.1) is 22.9 Å². The SMILES string of the molecule is Cc1oc(-c2cccs2)nc1CC(=O)N1C[C@@H](N)[C@H](c2nccn2C)C1. The summed E-state index contributed by atoms with van der Waals surface area (Å²) in [5.74, 6) is 2.26. The molecule has 0 radical (unpaired) electrons. The number of carbonyl (C=O) groups excluding carboxylic acids is 1. The summed E-state index contributed by atoms with van der Waals surface area (Å²) in [5, 5.41) is 1.98. The molecule has 136 valence electrons. The predicted octanol–water partition coefficient (Wildman–Crippen LogP) is 1.94. The van der Waals surface area contributed by atoms with Crippen LogP contribution in [-0.2, 0) is 18.3 Å². The molecule has 4 heterocycles. The molecular formula is C18H21N5O2S. The molecule has 2 N–H and O–H groups in total. The highest BCUT2D eigenvalue weighted by Gasteiger charge is 2.36. The molecule has 1 saturated heterocycles. The van der Waals surface area contributed by atoms with Gasteiger partial charge in [0.15, 0.2) is 0 Å². The number of carbonyl (C=O) groups is 1. The number of thiophene rings is 1. The first kappa shape index (κ1) is 17.0. The van der Waals surface area contributed by atoms with E-state index in [9.17, 15) is 4.79 Å². The molecule has 3 aromatic heterocycles. The van der Waals surface area contributed by atoms with Crippen LogP contribution >= 0.6 is 11.3 Å². The zero-order valence-electron chi connectivity index (χ0n) is 14.8. The summed E-state index contributed by atoms with van der Waals surface area (Å²) in [4.78, 5) is 24.4. The number of aryl methyl sites for hydroxylation is 2. The number of hydrogen-bond acceptors (Lipinski definition) is 6. The van der Waals surface area contributed by atoms with Crippen molar-refractivity contribution in [1.82, 2.24) is 19.4 Å². The Labute approximate surface area is 155 Å². The van der Waals surface area contributed by atoms with Gasteiger partial charge in [0.25, 0.3) is 0 Å². The van der Waals surface area contributed by atoms with E-state index >= 15 is 0 Å². The summed E-state index contributed by atoms with van der Waals surface area (Å²) >= 11 is 1.57. The van der Waals surface area contributed by atoms with Crippen LogP contribution < -0.4 is 5.73 Å². The Morgan fingerprint density at radius 1 is 1.46 bits per heavy atom. The molecule has 4 rings (SSSR count). The van der Waals surface area contributed by atoms with Gasteiger partial charge in [-0.1, -0.05) is 6.07 Å². The maximum Gasteiger partial charge on any atom is 0.236 e. The number of rotatable bonds is 4. The average Bonchev–Trinajstić information content (AvgIpc) is 3.36. The van der Waals surface area contributed by atoms with Gasteiger partial charge >= 0.3 is 0 Å². The molecule has 0 spiro atoms. The number of nitrogens with zero attached hydrogens (tertiary/aromatic N) is 4. The highest BCUT2D eigenvalue weighted by molar-refractivity contribution is 7.13. The Bertz CT molecular complexity index is 914. The predicted molar refractivity (Wildman–Crippen MR) is 98.8 cm³/mol. The molecule has 0 aliphatic carbocycles. The van der Waals surface area contributed by atoms with Gasteiger partial charge in [0.2, 0.25) is 11.8 Å². The number of hydrogen-bond donors (Lipinski definition) is 1. The summed E-state index contributed by atoms with van der Waals surface area (Å²) in [5.41, 5.74) is 6.97. The summed E-state index contributed by atoms with van der Waals surface area (Å²) in [7, 11) is 1.95. The standard InChI is InChI=1S/C18H21N5O2S/c1-11-14(21-18(25-11)15-4-3-7-26-15)8-16(24)23-9-12(13(19)10-23)17-20-5-6-22(17)2/h3-7,12-13H,8-10,19H2,1-2H3/t12-,13-/m1/s1. The monoisotopic (exact) mass is 371 g/mol. The van der Waals surface area contributed by atoms with E-state index in [1.165, 1.54) is 0 Å². The summed E-state index contributed by atoms with van der Waals surface area (Å²) in [6, 6.07) is 3.80. The third-order valence-electron chi connectivity index (χ3n) is 4.85. The Balaban J connectivity index is 1.47. The van der Waals surface area contributed by atoms with E-state index in [1.54, 1.807) is 17.5 Å². The molecule has 26 heavy (non-hydrogen) atoms. The Hall–Kier alpha value is -2.45. The molecule has 3 aromatic rings. The van der Waals surface area contributed by atoms with Gasteiger partial charge in [0, 0.05) is 38.6 Å². The first-order valence-electron chi connectivity index (χ1n) is 8.53. The van der Waals surface area contributed by atoms with Crippen LogP contribution in [0.5, 0.6) is 0 Å². The molecule has 7 nitrogen and oxygen atoms in total. The number of nitrogens with two attached hydrogens (primary N) is 1. The van der Waals surface area contributed by atoms with Crippen LogP contribution in [0.25, 0.3) is 10.8 Å². The molecular weight excluding hydrogens is 350 g/mol. The van der Waals surface area contributed by atoms with Crippen LogP contribution in [0.3, 0.4) is 0 Å². The number of amides is 1. The van der Waals surface area contributed by atoms with Crippen molar-refractivity contribution in [3.8, 4) is 10.8 Å². The second kappa shape index (κ2) is 6.69. The van der Waals surface area contributed by atoms with Crippen LogP contribution in [0, 0.1) is 6.92 Å². The van der Waals surface area contributed by atoms with Crippen LogP contribution in [0.15, 0.2) is 34.3 Å². The van der Waals surface area contributed by atoms with Crippen LogP contribution in [0.1, 0.15) is 23.2 Å². The van der Waals surface area contributed by atoms with Crippen molar-refractivity contribution >= 4 is 17.2 Å². The minimum Gasteiger partial charge on any atom is -0.440 e. The van der Waals surface area contributed by atoms with Gasteiger partial charge in [-0.2, -0.15) is 0 Å². The van der Waals surface area contributed by atoms with Crippen LogP contribution in [-0.4, -0.2) is 44.5 Å². The maximum absolute atomic E-state index is 12.8. The van der Waals surface area contributed by atoms with Gasteiger partial charge in [-0.15, -0.1) is 11.3 Å². The summed E-state index contributed by atoms with van der Waals surface area (Å²) in [6.07, 6.45) is 3.88. The topological polar surface area (TPSA) is 90.2 Å². The minimum atomic E-state index is -0.111. The molecule has 1 aliphatic heterocycles. The fourth-order valence-electron chi connectivity index (χ4n) is 3.39. The van der Waals surface area contributed by atoms with Crippen molar-refractivity contribution < 1.29 is 9.21 Å². The largest absolute Gasteiger partial charge is 0.440 e. The van der Waals surface area contributed by atoms with Crippen molar-refractivity contribution in [3.05, 3.63) is 47.2 Å². The minimum absolute atomic E-state index is 0.0197. The van der Waals surface area contributed by atoms with Crippen LogP contribution in [0.4, 0.5) is 0 Å². The number of aromatic nitrogens is 3. The lowest BCUT2D eigenvalue weighted by molar-refractivity contribution is -0.129. The zero-order valence-corrected chi connectivity index (χ0v) is 15.6. The second-order valence-electron chi connectivity index (χ2n) is 6.64. The molecule has 0 saturated carbocycles. The van der Waals surface area contributed by atoms with Gasteiger partial charge in [-0.05, 0) is 18.4 Å². The molecule has 1 fully saturated rings. The van der Waals surface area contributed by atoms with Gasteiger partial charge in [0.1, 0.15) is 11.6 Å². The molecule has 0 bridgehead atoms. The lowest BCUT2D eigenvalue weighted by Gasteiger charge is -2.15.